The second kappa shape index (κ2) is 4.02. The van der Waals surface area contributed by atoms with Gasteiger partial charge in [-0.25, -0.2) is 4.98 Å². The lowest BCUT2D eigenvalue weighted by molar-refractivity contribution is 1.24. The van der Waals surface area contributed by atoms with E-state index in [-0.39, 0.29) is 0 Å². The number of aromatic nitrogens is 1. The fourth-order valence-electron chi connectivity index (χ4n) is 1.10. The second-order valence-electron chi connectivity index (χ2n) is 2.89. The van der Waals surface area contributed by atoms with E-state index < -0.39 is 0 Å². The zero-order chi connectivity index (χ0) is 9.97. The minimum atomic E-state index is 0.854. The fraction of sp³-hybridized carbons (Fsp3) is 0.100. The van der Waals surface area contributed by atoms with Gasteiger partial charge < -0.3 is 5.73 Å². The first-order valence-electron chi connectivity index (χ1n) is 4.20. The molecule has 0 unspecified atom stereocenters. The molecule has 0 aliphatic heterocycles. The van der Waals surface area contributed by atoms with Gasteiger partial charge in [-0.15, -0.1) is 11.3 Å². The molecule has 0 radical (unpaired) electrons. The van der Waals surface area contributed by atoms with Gasteiger partial charge >= 0.3 is 0 Å². The van der Waals surface area contributed by atoms with Crippen LogP contribution in [-0.4, -0.2) is 4.98 Å². The molecule has 0 aliphatic carbocycles. The Hall–Kier alpha value is -1.00. The number of anilines is 1. The number of nitrogens with two attached hydrogens (primary N) is 1. The number of rotatable bonds is 2. The Kier molecular flexibility index (Phi) is 2.74. The highest BCUT2D eigenvalue weighted by atomic mass is 32.2. The largest absolute Gasteiger partial charge is 0.398 e. The molecule has 0 saturated heterocycles. The van der Waals surface area contributed by atoms with E-state index in [1.54, 1.807) is 29.3 Å². The molecule has 2 rings (SSSR count). The lowest BCUT2D eigenvalue weighted by Crippen LogP contribution is -1.91. The summed E-state index contributed by atoms with van der Waals surface area (Å²) in [4.78, 5) is 5.29. The van der Waals surface area contributed by atoms with E-state index >= 15 is 0 Å². The van der Waals surface area contributed by atoms with Crippen molar-refractivity contribution < 1.29 is 0 Å². The van der Waals surface area contributed by atoms with Crippen molar-refractivity contribution in [1.29, 1.82) is 0 Å². The van der Waals surface area contributed by atoms with Gasteiger partial charge in [0.05, 0.1) is 0 Å². The Morgan fingerprint density at radius 2 is 2.29 bits per heavy atom. The van der Waals surface area contributed by atoms with E-state index in [9.17, 15) is 0 Å². The van der Waals surface area contributed by atoms with E-state index in [2.05, 4.69) is 4.98 Å². The Morgan fingerprint density at radius 3 is 3.00 bits per heavy atom. The smallest absolute Gasteiger partial charge is 0.154 e. The van der Waals surface area contributed by atoms with Crippen molar-refractivity contribution in [3.8, 4) is 0 Å². The van der Waals surface area contributed by atoms with E-state index in [4.69, 9.17) is 5.73 Å². The molecule has 0 bridgehead atoms. The van der Waals surface area contributed by atoms with Gasteiger partial charge in [0, 0.05) is 22.2 Å². The third kappa shape index (κ3) is 1.91. The highest BCUT2D eigenvalue weighted by Gasteiger charge is 2.04. The van der Waals surface area contributed by atoms with Crippen LogP contribution in [0.1, 0.15) is 5.56 Å². The van der Waals surface area contributed by atoms with Crippen molar-refractivity contribution in [2.75, 3.05) is 5.73 Å². The first-order chi connectivity index (χ1) is 6.77. The van der Waals surface area contributed by atoms with Crippen LogP contribution in [0.15, 0.2) is 39.0 Å². The summed E-state index contributed by atoms with van der Waals surface area (Å²) in [6, 6.07) is 6.05. The molecule has 1 aromatic carbocycles. The summed E-state index contributed by atoms with van der Waals surface area (Å²) in [5, 5.41) is 1.97. The summed E-state index contributed by atoms with van der Waals surface area (Å²) in [6.45, 7) is 2.02. The Balaban J connectivity index is 2.29. The third-order valence-corrected chi connectivity index (χ3v) is 3.85. The van der Waals surface area contributed by atoms with Crippen molar-refractivity contribution in [2.45, 2.75) is 16.2 Å². The van der Waals surface area contributed by atoms with E-state index in [0.29, 0.717) is 0 Å². The first kappa shape index (κ1) is 9.55. The van der Waals surface area contributed by atoms with Crippen LogP contribution in [0.4, 0.5) is 5.69 Å². The van der Waals surface area contributed by atoms with Gasteiger partial charge in [-0.05, 0) is 18.6 Å². The minimum Gasteiger partial charge on any atom is -0.398 e. The number of nitrogens with zero attached hydrogens (tertiary/aromatic N) is 1. The standard InChI is InChI=1S/C10H10N2S2/c1-7-3-2-4-8(9(7)11)14-10-12-5-6-13-10/h2-6H,11H2,1H3. The number of hydrogen-bond acceptors (Lipinski definition) is 4. The average molecular weight is 222 g/mol. The summed E-state index contributed by atoms with van der Waals surface area (Å²) < 4.78 is 1.03. The summed E-state index contributed by atoms with van der Waals surface area (Å²) >= 11 is 3.25. The number of hydrogen-bond donors (Lipinski definition) is 1. The number of aryl methyl sites for hydroxylation is 1. The van der Waals surface area contributed by atoms with Gasteiger partial charge in [0.25, 0.3) is 0 Å². The van der Waals surface area contributed by atoms with Crippen LogP contribution in [-0.2, 0) is 0 Å². The van der Waals surface area contributed by atoms with Gasteiger partial charge in [0.1, 0.15) is 0 Å². The monoisotopic (exact) mass is 222 g/mol. The van der Waals surface area contributed by atoms with Crippen molar-refractivity contribution in [1.82, 2.24) is 4.98 Å². The van der Waals surface area contributed by atoms with Crippen LogP contribution < -0.4 is 5.73 Å². The molecule has 1 aromatic heterocycles. The molecule has 4 heteroatoms. The van der Waals surface area contributed by atoms with Crippen LogP contribution in [0, 0.1) is 6.92 Å². The van der Waals surface area contributed by atoms with Gasteiger partial charge in [-0.2, -0.15) is 0 Å². The lowest BCUT2D eigenvalue weighted by atomic mass is 10.2. The lowest BCUT2D eigenvalue weighted by Gasteiger charge is -2.05. The van der Waals surface area contributed by atoms with Crippen molar-refractivity contribution in [2.24, 2.45) is 0 Å². The average Bonchev–Trinajstić information content (AvgIpc) is 2.66. The molecule has 1 heterocycles. The molecule has 0 amide bonds. The van der Waals surface area contributed by atoms with Gasteiger partial charge in [-0.1, -0.05) is 23.9 Å². The quantitative estimate of drug-likeness (QED) is 0.793. The number of nitrogen functional groups attached to an aromatic ring is 1. The molecule has 14 heavy (non-hydrogen) atoms. The van der Waals surface area contributed by atoms with E-state index in [1.807, 2.05) is 30.5 Å². The summed E-state index contributed by atoms with van der Waals surface area (Å²) in [6.07, 6.45) is 1.80. The van der Waals surface area contributed by atoms with Crippen LogP contribution >= 0.6 is 23.1 Å². The molecule has 0 aliphatic rings. The van der Waals surface area contributed by atoms with Crippen molar-refractivity contribution >= 4 is 28.8 Å². The normalized spacial score (nSPS) is 10.4. The van der Waals surface area contributed by atoms with Gasteiger partial charge in [-0.3, -0.25) is 0 Å². The second-order valence-corrected chi connectivity index (χ2v) is 5.07. The predicted octanol–water partition coefficient (Wildman–Crippen LogP) is 3.18. The van der Waals surface area contributed by atoms with Gasteiger partial charge in [0.2, 0.25) is 0 Å². The van der Waals surface area contributed by atoms with Crippen molar-refractivity contribution in [3.63, 3.8) is 0 Å². The molecule has 0 fully saturated rings. The molecular weight excluding hydrogens is 212 g/mol. The Labute approximate surface area is 91.2 Å². The maximum Gasteiger partial charge on any atom is 0.154 e. The summed E-state index contributed by atoms with van der Waals surface area (Å²) in [5.41, 5.74) is 7.93. The topological polar surface area (TPSA) is 38.9 Å². The van der Waals surface area contributed by atoms with Crippen LogP contribution in [0.5, 0.6) is 0 Å². The molecule has 2 aromatic rings. The molecule has 0 atom stereocenters. The number of para-hydroxylation sites is 1. The Morgan fingerprint density at radius 1 is 1.43 bits per heavy atom. The molecule has 2 N–H and O–H groups in total. The SMILES string of the molecule is Cc1cccc(Sc2nccs2)c1N. The number of benzene rings is 1. The fourth-order valence-corrected chi connectivity index (χ4v) is 2.81. The molecular formula is C10H10N2S2. The van der Waals surface area contributed by atoms with Gasteiger partial charge in [0.15, 0.2) is 4.34 Å². The van der Waals surface area contributed by atoms with E-state index in [1.165, 1.54) is 0 Å². The summed E-state index contributed by atoms with van der Waals surface area (Å²) in [5.74, 6) is 0. The third-order valence-electron chi connectivity index (χ3n) is 1.89. The maximum absolute atomic E-state index is 5.96. The van der Waals surface area contributed by atoms with Crippen LogP contribution in [0.3, 0.4) is 0 Å². The zero-order valence-electron chi connectivity index (χ0n) is 7.73. The molecule has 72 valence electrons. The first-order valence-corrected chi connectivity index (χ1v) is 5.89. The molecule has 0 spiro atoms. The molecule has 2 nitrogen and oxygen atoms in total. The zero-order valence-corrected chi connectivity index (χ0v) is 9.36. The highest BCUT2D eigenvalue weighted by Crippen LogP contribution is 2.34. The predicted molar refractivity (Wildman–Crippen MR) is 61.8 cm³/mol. The molecule has 0 saturated carbocycles. The van der Waals surface area contributed by atoms with Crippen molar-refractivity contribution in [3.05, 3.63) is 35.3 Å². The highest BCUT2D eigenvalue weighted by molar-refractivity contribution is 8.01. The van der Waals surface area contributed by atoms with Crippen LogP contribution in [0.2, 0.25) is 0 Å². The Bertz CT molecular complexity index is 424. The minimum absolute atomic E-state index is 0.854. The van der Waals surface area contributed by atoms with E-state index in [0.717, 1.165) is 20.5 Å². The number of thiazole rings is 1. The van der Waals surface area contributed by atoms with Crippen LogP contribution in [0.25, 0.3) is 0 Å². The maximum atomic E-state index is 5.96. The summed E-state index contributed by atoms with van der Waals surface area (Å²) in [7, 11) is 0.